The summed E-state index contributed by atoms with van der Waals surface area (Å²) < 4.78 is 5.41. The van der Waals surface area contributed by atoms with Crippen molar-refractivity contribution in [1.29, 1.82) is 0 Å². The van der Waals surface area contributed by atoms with E-state index < -0.39 is 0 Å². The number of oxazole rings is 1. The van der Waals surface area contributed by atoms with Gasteiger partial charge in [-0.05, 0) is 29.0 Å². The average Bonchev–Trinajstić information content (AvgIpc) is 2.97. The topological polar surface area (TPSA) is 46.3 Å². The molecule has 0 saturated heterocycles. The lowest BCUT2D eigenvalue weighted by Crippen LogP contribution is -1.81. The zero-order chi connectivity index (χ0) is 14.9. The Morgan fingerprint density at radius 3 is 2.27 bits per heavy atom. The summed E-state index contributed by atoms with van der Waals surface area (Å²) in [5.74, 6) is 0.260. The van der Waals surface area contributed by atoms with Crippen LogP contribution in [0.5, 0.6) is 5.95 Å². The highest BCUT2D eigenvalue weighted by Crippen LogP contribution is 2.34. The van der Waals surface area contributed by atoms with Gasteiger partial charge in [0.25, 0.3) is 0 Å². The molecule has 0 spiro atoms. The number of fused-ring (bicyclic) bond motifs is 1. The molecule has 0 fully saturated rings. The van der Waals surface area contributed by atoms with E-state index >= 15 is 0 Å². The Morgan fingerprint density at radius 1 is 0.727 bits per heavy atom. The third kappa shape index (κ3) is 2.13. The predicted molar refractivity (Wildman–Crippen MR) is 86.5 cm³/mol. The van der Waals surface area contributed by atoms with Gasteiger partial charge in [-0.25, -0.2) is 4.98 Å². The number of nitrogens with zero attached hydrogens (tertiary/aromatic N) is 1. The van der Waals surface area contributed by atoms with Gasteiger partial charge in [0.1, 0.15) is 0 Å². The molecule has 106 valence electrons. The molecule has 1 heterocycles. The smallest absolute Gasteiger partial charge is 0.311 e. The summed E-state index contributed by atoms with van der Waals surface area (Å²) >= 11 is 0. The second-order valence-electron chi connectivity index (χ2n) is 5.10. The van der Waals surface area contributed by atoms with Crippen LogP contribution in [0.25, 0.3) is 33.5 Å². The Kier molecular flexibility index (Phi) is 2.90. The van der Waals surface area contributed by atoms with Crippen molar-refractivity contribution in [2.45, 2.75) is 0 Å². The first-order valence-electron chi connectivity index (χ1n) is 7.06. The Bertz CT molecular complexity index is 942. The minimum Gasteiger partial charge on any atom is -0.479 e. The van der Waals surface area contributed by atoms with E-state index in [0.717, 1.165) is 21.9 Å². The summed E-state index contributed by atoms with van der Waals surface area (Å²) in [6.07, 6.45) is 0. The highest BCUT2D eigenvalue weighted by molar-refractivity contribution is 5.87. The predicted octanol–water partition coefficient (Wildman–Crippen LogP) is 4.87. The molecule has 0 saturated carbocycles. The zero-order valence-corrected chi connectivity index (χ0v) is 11.7. The number of rotatable bonds is 2. The Hall–Kier alpha value is -3.07. The van der Waals surface area contributed by atoms with E-state index in [1.54, 1.807) is 0 Å². The first-order valence-corrected chi connectivity index (χ1v) is 7.06. The highest BCUT2D eigenvalue weighted by atomic mass is 16.5. The van der Waals surface area contributed by atoms with Crippen LogP contribution in [-0.4, -0.2) is 10.1 Å². The van der Waals surface area contributed by atoms with Gasteiger partial charge in [0.15, 0.2) is 5.69 Å². The first kappa shape index (κ1) is 12.7. The van der Waals surface area contributed by atoms with Crippen LogP contribution in [0, 0.1) is 0 Å². The lowest BCUT2D eigenvalue weighted by molar-refractivity contribution is 0.339. The Labute approximate surface area is 127 Å². The second kappa shape index (κ2) is 5.04. The molecule has 0 bridgehead atoms. The lowest BCUT2D eigenvalue weighted by Gasteiger charge is -2.00. The summed E-state index contributed by atoms with van der Waals surface area (Å²) in [5.41, 5.74) is 2.14. The molecule has 0 radical (unpaired) electrons. The van der Waals surface area contributed by atoms with Crippen molar-refractivity contribution in [1.82, 2.24) is 4.98 Å². The maximum atomic E-state index is 10.1. The molecule has 3 nitrogen and oxygen atoms in total. The number of benzene rings is 3. The van der Waals surface area contributed by atoms with Crippen LogP contribution in [0.2, 0.25) is 0 Å². The molecule has 0 aliphatic heterocycles. The minimum absolute atomic E-state index is 0.158. The fourth-order valence-corrected chi connectivity index (χ4v) is 2.54. The van der Waals surface area contributed by atoms with Gasteiger partial charge in [0.05, 0.1) is 0 Å². The molecule has 0 aliphatic carbocycles. The van der Waals surface area contributed by atoms with Crippen LogP contribution in [0.1, 0.15) is 0 Å². The minimum atomic E-state index is -0.158. The standard InChI is InChI=1S/C19H13NO2/c21-19-17(20-18(22-19)14-7-2-1-3-8-14)16-11-10-13-6-4-5-9-15(13)12-16/h1-12,21H. The maximum absolute atomic E-state index is 10.1. The molecule has 0 aliphatic rings. The van der Waals surface area contributed by atoms with Crippen LogP contribution in [0.4, 0.5) is 0 Å². The van der Waals surface area contributed by atoms with Gasteiger partial charge >= 0.3 is 5.95 Å². The third-order valence-electron chi connectivity index (χ3n) is 3.65. The SMILES string of the molecule is Oc1oc(-c2ccccc2)nc1-c1ccc2ccccc2c1. The zero-order valence-electron chi connectivity index (χ0n) is 11.7. The van der Waals surface area contributed by atoms with Crippen molar-refractivity contribution in [2.75, 3.05) is 0 Å². The molecule has 0 atom stereocenters. The van der Waals surface area contributed by atoms with E-state index in [4.69, 9.17) is 4.42 Å². The van der Waals surface area contributed by atoms with Gasteiger partial charge in [-0.15, -0.1) is 0 Å². The molecular formula is C19H13NO2. The molecule has 4 aromatic rings. The van der Waals surface area contributed by atoms with Crippen molar-refractivity contribution >= 4 is 10.8 Å². The van der Waals surface area contributed by atoms with Crippen molar-refractivity contribution in [3.8, 4) is 28.7 Å². The highest BCUT2D eigenvalue weighted by Gasteiger charge is 2.15. The normalized spacial score (nSPS) is 10.9. The number of hydrogen-bond acceptors (Lipinski definition) is 3. The Balaban J connectivity index is 1.83. The summed E-state index contributed by atoms with van der Waals surface area (Å²) in [6, 6.07) is 23.6. The van der Waals surface area contributed by atoms with Crippen molar-refractivity contribution < 1.29 is 9.52 Å². The number of aromatic hydroxyl groups is 1. The van der Waals surface area contributed by atoms with Gasteiger partial charge in [0.2, 0.25) is 5.89 Å². The van der Waals surface area contributed by atoms with Crippen LogP contribution in [0.15, 0.2) is 77.2 Å². The molecule has 22 heavy (non-hydrogen) atoms. The van der Waals surface area contributed by atoms with Crippen molar-refractivity contribution in [3.63, 3.8) is 0 Å². The number of hydrogen-bond donors (Lipinski definition) is 1. The largest absolute Gasteiger partial charge is 0.479 e. The molecule has 1 aromatic heterocycles. The fraction of sp³-hybridized carbons (Fsp3) is 0. The van der Waals surface area contributed by atoms with E-state index in [-0.39, 0.29) is 5.95 Å². The first-order chi connectivity index (χ1) is 10.8. The van der Waals surface area contributed by atoms with E-state index in [1.165, 1.54) is 0 Å². The quantitative estimate of drug-likeness (QED) is 0.572. The molecule has 4 rings (SSSR count). The van der Waals surface area contributed by atoms with E-state index in [2.05, 4.69) is 11.1 Å². The van der Waals surface area contributed by atoms with Crippen molar-refractivity contribution in [3.05, 3.63) is 72.8 Å². The van der Waals surface area contributed by atoms with Gasteiger partial charge in [-0.3, -0.25) is 0 Å². The fourth-order valence-electron chi connectivity index (χ4n) is 2.54. The summed E-state index contributed by atoms with van der Waals surface area (Å²) in [4.78, 5) is 4.44. The third-order valence-corrected chi connectivity index (χ3v) is 3.65. The molecule has 3 heteroatoms. The molecule has 0 unspecified atom stereocenters. The summed E-state index contributed by atoms with van der Waals surface area (Å²) in [5, 5.41) is 12.3. The van der Waals surface area contributed by atoms with Crippen LogP contribution < -0.4 is 0 Å². The second-order valence-corrected chi connectivity index (χ2v) is 5.10. The maximum Gasteiger partial charge on any atom is 0.311 e. The number of aromatic nitrogens is 1. The van der Waals surface area contributed by atoms with Gasteiger partial charge in [0, 0.05) is 11.1 Å². The van der Waals surface area contributed by atoms with Gasteiger partial charge < -0.3 is 9.52 Å². The van der Waals surface area contributed by atoms with Crippen LogP contribution in [-0.2, 0) is 0 Å². The summed E-state index contributed by atoms with van der Waals surface area (Å²) in [7, 11) is 0. The lowest BCUT2D eigenvalue weighted by atomic mass is 10.1. The Morgan fingerprint density at radius 2 is 1.45 bits per heavy atom. The van der Waals surface area contributed by atoms with E-state index in [9.17, 15) is 5.11 Å². The van der Waals surface area contributed by atoms with Gasteiger partial charge in [-0.1, -0.05) is 54.6 Å². The van der Waals surface area contributed by atoms with Crippen LogP contribution in [0.3, 0.4) is 0 Å². The molecular weight excluding hydrogens is 274 g/mol. The van der Waals surface area contributed by atoms with E-state index in [0.29, 0.717) is 11.6 Å². The molecule has 0 amide bonds. The molecule has 3 aromatic carbocycles. The van der Waals surface area contributed by atoms with Gasteiger partial charge in [-0.2, -0.15) is 0 Å². The van der Waals surface area contributed by atoms with Crippen LogP contribution >= 0.6 is 0 Å². The van der Waals surface area contributed by atoms with E-state index in [1.807, 2.05) is 66.7 Å². The monoisotopic (exact) mass is 287 g/mol. The molecule has 1 N–H and O–H groups in total. The average molecular weight is 287 g/mol. The summed E-state index contributed by atoms with van der Waals surface area (Å²) in [6.45, 7) is 0. The van der Waals surface area contributed by atoms with Crippen molar-refractivity contribution in [2.24, 2.45) is 0 Å².